The number of rotatable bonds is 5. The van der Waals surface area contributed by atoms with Crippen LogP contribution < -0.4 is 14.8 Å². The van der Waals surface area contributed by atoms with E-state index in [0.29, 0.717) is 33.7 Å². The van der Waals surface area contributed by atoms with Crippen LogP contribution >= 0.6 is 23.2 Å². The number of carbonyl (C=O) groups is 1. The van der Waals surface area contributed by atoms with E-state index in [1.807, 2.05) is 0 Å². The molecule has 4 nitrogen and oxygen atoms in total. The van der Waals surface area contributed by atoms with Crippen molar-refractivity contribution in [1.29, 1.82) is 0 Å². The van der Waals surface area contributed by atoms with Gasteiger partial charge in [-0.15, -0.1) is 0 Å². The van der Waals surface area contributed by atoms with E-state index in [0.717, 1.165) is 5.56 Å². The van der Waals surface area contributed by atoms with E-state index in [1.165, 1.54) is 14.2 Å². The van der Waals surface area contributed by atoms with Crippen molar-refractivity contribution in [2.75, 3.05) is 14.2 Å². The predicted molar refractivity (Wildman–Crippen MR) is 87.2 cm³/mol. The minimum atomic E-state index is -0.291. The molecule has 0 saturated heterocycles. The quantitative estimate of drug-likeness (QED) is 0.897. The number of hydrogen-bond donors (Lipinski definition) is 1. The molecule has 0 aliphatic heterocycles. The van der Waals surface area contributed by atoms with Crippen LogP contribution in [0.5, 0.6) is 11.5 Å². The van der Waals surface area contributed by atoms with Crippen molar-refractivity contribution in [3.8, 4) is 11.5 Å². The summed E-state index contributed by atoms with van der Waals surface area (Å²) in [4.78, 5) is 12.4. The third-order valence-electron chi connectivity index (χ3n) is 3.09. The van der Waals surface area contributed by atoms with Crippen LogP contribution in [0, 0.1) is 0 Å². The topological polar surface area (TPSA) is 47.6 Å². The zero-order valence-electron chi connectivity index (χ0n) is 12.2. The maximum atomic E-state index is 12.4. The molecule has 0 saturated carbocycles. The summed E-state index contributed by atoms with van der Waals surface area (Å²) >= 11 is 11.8. The number of halogens is 2. The smallest absolute Gasteiger partial charge is 0.259 e. The molecule has 6 heteroatoms. The summed E-state index contributed by atoms with van der Waals surface area (Å²) < 4.78 is 10.4. The summed E-state index contributed by atoms with van der Waals surface area (Å²) in [5.74, 6) is 0.609. The Balaban J connectivity index is 2.17. The molecule has 0 aromatic heterocycles. The first-order valence-electron chi connectivity index (χ1n) is 6.50. The lowest BCUT2D eigenvalue weighted by atomic mass is 10.1. The fraction of sp³-hybridized carbons (Fsp3) is 0.188. The second kappa shape index (κ2) is 7.38. The molecule has 2 rings (SSSR count). The zero-order valence-corrected chi connectivity index (χ0v) is 13.7. The van der Waals surface area contributed by atoms with E-state index in [9.17, 15) is 4.79 Å². The second-order valence-corrected chi connectivity index (χ2v) is 5.28. The lowest BCUT2D eigenvalue weighted by molar-refractivity contribution is 0.0944. The SMILES string of the molecule is COc1cccc(OC)c1C(=O)NCc1ccc(Cl)c(Cl)c1. The molecule has 22 heavy (non-hydrogen) atoms. The fourth-order valence-corrected chi connectivity index (χ4v) is 2.32. The first kappa shape index (κ1) is 16.5. The van der Waals surface area contributed by atoms with Gasteiger partial charge in [-0.3, -0.25) is 4.79 Å². The Labute approximate surface area is 138 Å². The minimum Gasteiger partial charge on any atom is -0.496 e. The van der Waals surface area contributed by atoms with Gasteiger partial charge in [0.25, 0.3) is 5.91 Å². The van der Waals surface area contributed by atoms with Gasteiger partial charge in [-0.05, 0) is 29.8 Å². The predicted octanol–water partition coefficient (Wildman–Crippen LogP) is 3.94. The molecule has 0 atom stereocenters. The molecule has 2 aromatic carbocycles. The highest BCUT2D eigenvalue weighted by atomic mass is 35.5. The van der Waals surface area contributed by atoms with E-state index in [2.05, 4.69) is 5.32 Å². The summed E-state index contributed by atoms with van der Waals surface area (Å²) in [5, 5.41) is 3.73. The van der Waals surface area contributed by atoms with E-state index in [1.54, 1.807) is 36.4 Å². The molecule has 0 fully saturated rings. The van der Waals surface area contributed by atoms with E-state index in [4.69, 9.17) is 32.7 Å². The Kier molecular flexibility index (Phi) is 5.52. The van der Waals surface area contributed by atoms with Crippen molar-refractivity contribution >= 4 is 29.1 Å². The highest BCUT2D eigenvalue weighted by Crippen LogP contribution is 2.28. The zero-order chi connectivity index (χ0) is 16.1. The number of hydrogen-bond acceptors (Lipinski definition) is 3. The number of benzene rings is 2. The molecule has 0 spiro atoms. The Morgan fingerprint density at radius 3 is 2.23 bits per heavy atom. The van der Waals surface area contributed by atoms with E-state index < -0.39 is 0 Å². The van der Waals surface area contributed by atoms with Gasteiger partial charge in [-0.1, -0.05) is 35.3 Å². The van der Waals surface area contributed by atoms with Crippen molar-refractivity contribution in [3.63, 3.8) is 0 Å². The molecule has 0 heterocycles. The molecule has 0 aliphatic carbocycles. The molecular formula is C16H15Cl2NO3. The normalized spacial score (nSPS) is 10.2. The molecule has 116 valence electrons. The van der Waals surface area contributed by atoms with Gasteiger partial charge in [0.1, 0.15) is 17.1 Å². The highest BCUT2D eigenvalue weighted by molar-refractivity contribution is 6.42. The minimum absolute atomic E-state index is 0.291. The van der Waals surface area contributed by atoms with Gasteiger partial charge in [0.15, 0.2) is 0 Å². The van der Waals surface area contributed by atoms with Crippen LogP contribution in [0.1, 0.15) is 15.9 Å². The van der Waals surface area contributed by atoms with Crippen LogP contribution in [0.25, 0.3) is 0 Å². The van der Waals surface area contributed by atoms with Gasteiger partial charge >= 0.3 is 0 Å². The monoisotopic (exact) mass is 339 g/mol. The average molecular weight is 340 g/mol. The highest BCUT2D eigenvalue weighted by Gasteiger charge is 2.17. The largest absolute Gasteiger partial charge is 0.496 e. The fourth-order valence-electron chi connectivity index (χ4n) is 2.00. The summed E-state index contributed by atoms with van der Waals surface area (Å²) in [7, 11) is 3.01. The van der Waals surface area contributed by atoms with Gasteiger partial charge < -0.3 is 14.8 Å². The average Bonchev–Trinajstić information content (AvgIpc) is 2.54. The molecule has 1 amide bonds. The third-order valence-corrected chi connectivity index (χ3v) is 3.83. The maximum Gasteiger partial charge on any atom is 0.259 e. The van der Waals surface area contributed by atoms with Crippen LogP contribution in [-0.2, 0) is 6.54 Å². The standard InChI is InChI=1S/C16H15Cl2NO3/c1-21-13-4-3-5-14(22-2)15(13)16(20)19-9-10-6-7-11(17)12(18)8-10/h3-8H,9H2,1-2H3,(H,19,20). The Bertz CT molecular complexity index is 667. The Morgan fingerprint density at radius 2 is 1.68 bits per heavy atom. The van der Waals surface area contributed by atoms with Crippen LogP contribution in [-0.4, -0.2) is 20.1 Å². The number of nitrogens with one attached hydrogen (secondary N) is 1. The number of amides is 1. The molecule has 0 unspecified atom stereocenters. The van der Waals surface area contributed by atoms with Crippen molar-refractivity contribution < 1.29 is 14.3 Å². The van der Waals surface area contributed by atoms with Gasteiger partial charge in [-0.25, -0.2) is 0 Å². The third kappa shape index (κ3) is 3.64. The molecule has 0 bridgehead atoms. The van der Waals surface area contributed by atoms with Gasteiger partial charge in [0.2, 0.25) is 0 Å². The van der Waals surface area contributed by atoms with Crippen molar-refractivity contribution in [1.82, 2.24) is 5.32 Å². The molecule has 2 aromatic rings. The number of methoxy groups -OCH3 is 2. The molecular weight excluding hydrogens is 325 g/mol. The van der Waals surface area contributed by atoms with Gasteiger partial charge in [0, 0.05) is 6.54 Å². The van der Waals surface area contributed by atoms with Gasteiger partial charge in [0.05, 0.1) is 24.3 Å². The van der Waals surface area contributed by atoms with Crippen LogP contribution in [0.2, 0.25) is 10.0 Å². The van der Waals surface area contributed by atoms with Crippen molar-refractivity contribution in [2.45, 2.75) is 6.54 Å². The first-order chi connectivity index (χ1) is 10.6. The van der Waals surface area contributed by atoms with E-state index in [-0.39, 0.29) is 5.91 Å². The van der Waals surface area contributed by atoms with Crippen molar-refractivity contribution in [3.05, 3.63) is 57.6 Å². The van der Waals surface area contributed by atoms with E-state index >= 15 is 0 Å². The van der Waals surface area contributed by atoms with Crippen LogP contribution in [0.3, 0.4) is 0 Å². The molecule has 0 aliphatic rings. The van der Waals surface area contributed by atoms with Crippen LogP contribution in [0.15, 0.2) is 36.4 Å². The lowest BCUT2D eigenvalue weighted by Crippen LogP contribution is -2.24. The summed E-state index contributed by atoms with van der Waals surface area (Å²) in [5.41, 5.74) is 1.20. The molecule has 0 radical (unpaired) electrons. The summed E-state index contributed by atoms with van der Waals surface area (Å²) in [6.45, 7) is 0.316. The Morgan fingerprint density at radius 1 is 1.05 bits per heavy atom. The summed E-state index contributed by atoms with van der Waals surface area (Å²) in [6.07, 6.45) is 0. The summed E-state index contributed by atoms with van der Waals surface area (Å²) in [6, 6.07) is 10.4. The van der Waals surface area contributed by atoms with Gasteiger partial charge in [-0.2, -0.15) is 0 Å². The first-order valence-corrected chi connectivity index (χ1v) is 7.25. The number of carbonyl (C=O) groups excluding carboxylic acids is 1. The van der Waals surface area contributed by atoms with Crippen molar-refractivity contribution in [2.24, 2.45) is 0 Å². The Hall–Kier alpha value is -1.91. The number of ether oxygens (including phenoxy) is 2. The lowest BCUT2D eigenvalue weighted by Gasteiger charge is -2.13. The molecule has 1 N–H and O–H groups in total. The second-order valence-electron chi connectivity index (χ2n) is 4.47. The maximum absolute atomic E-state index is 12.4. The van der Waals surface area contributed by atoms with Crippen LogP contribution in [0.4, 0.5) is 0 Å².